The van der Waals surface area contributed by atoms with Gasteiger partial charge in [0.1, 0.15) is 4.21 Å². The monoisotopic (exact) mass is 495 g/mol. The van der Waals surface area contributed by atoms with Crippen LogP contribution in [0.25, 0.3) is 10.1 Å². The van der Waals surface area contributed by atoms with Gasteiger partial charge in [0, 0.05) is 29.7 Å². The zero-order chi connectivity index (χ0) is 20.9. The minimum atomic E-state index is -3.53. The molecule has 29 heavy (non-hydrogen) atoms. The molecule has 156 valence electrons. The molecule has 0 saturated heterocycles. The van der Waals surface area contributed by atoms with Crippen LogP contribution in [0, 0.1) is 0 Å². The number of aryl methyl sites for hydroxylation is 1. The van der Waals surface area contributed by atoms with Gasteiger partial charge >= 0.3 is 0 Å². The Bertz CT molecular complexity index is 1050. The van der Waals surface area contributed by atoms with E-state index in [0.29, 0.717) is 28.3 Å². The minimum absolute atomic E-state index is 0.335. The molecule has 3 rings (SSSR count). The van der Waals surface area contributed by atoms with E-state index in [1.165, 1.54) is 16.9 Å². The van der Waals surface area contributed by atoms with Crippen molar-refractivity contribution in [3.8, 4) is 0 Å². The van der Waals surface area contributed by atoms with Crippen molar-refractivity contribution in [1.82, 2.24) is 9.62 Å². The van der Waals surface area contributed by atoms with Gasteiger partial charge in [-0.25, -0.2) is 13.1 Å². The number of thiophene rings is 1. The Hall–Kier alpha value is -1.29. The van der Waals surface area contributed by atoms with Gasteiger partial charge in [-0.3, -0.25) is 0 Å². The maximum absolute atomic E-state index is 12.7. The largest absolute Gasteiger partial charge is 0.326 e. The topological polar surface area (TPSA) is 75.4 Å². The van der Waals surface area contributed by atoms with Crippen LogP contribution in [-0.4, -0.2) is 40.0 Å². The Balaban J connectivity index is 1.46. The highest BCUT2D eigenvalue weighted by molar-refractivity contribution is 9.10. The van der Waals surface area contributed by atoms with Gasteiger partial charge in [0.2, 0.25) is 0 Å². The second kappa shape index (κ2) is 10.1. The maximum Gasteiger partial charge on any atom is 0.251 e. The number of fused-ring (bicyclic) bond motifs is 1. The Labute approximate surface area is 185 Å². The van der Waals surface area contributed by atoms with Gasteiger partial charge in [0.05, 0.1) is 4.47 Å². The van der Waals surface area contributed by atoms with E-state index in [9.17, 15) is 8.42 Å². The highest BCUT2D eigenvalue weighted by Gasteiger charge is 2.22. The van der Waals surface area contributed by atoms with Crippen LogP contribution in [-0.2, 0) is 23.0 Å². The Morgan fingerprint density at radius 2 is 1.76 bits per heavy atom. The van der Waals surface area contributed by atoms with Crippen LogP contribution in [0.5, 0.6) is 0 Å². The molecule has 2 aromatic carbocycles. The van der Waals surface area contributed by atoms with Crippen molar-refractivity contribution >= 4 is 47.4 Å². The molecule has 3 aromatic rings. The van der Waals surface area contributed by atoms with Gasteiger partial charge in [0.25, 0.3) is 10.0 Å². The van der Waals surface area contributed by atoms with Crippen molar-refractivity contribution in [3.05, 3.63) is 64.1 Å². The second-order valence-corrected chi connectivity index (χ2v) is 10.8. The summed E-state index contributed by atoms with van der Waals surface area (Å²) in [4.78, 5) is 2.15. The van der Waals surface area contributed by atoms with E-state index in [0.717, 1.165) is 35.0 Å². The van der Waals surface area contributed by atoms with Crippen molar-refractivity contribution in [2.45, 2.75) is 23.6 Å². The fourth-order valence-corrected chi connectivity index (χ4v) is 7.01. The molecule has 0 spiro atoms. The highest BCUT2D eigenvalue weighted by atomic mass is 79.9. The van der Waals surface area contributed by atoms with E-state index < -0.39 is 10.0 Å². The van der Waals surface area contributed by atoms with E-state index in [1.807, 2.05) is 31.3 Å². The van der Waals surface area contributed by atoms with Crippen LogP contribution in [0.4, 0.5) is 0 Å². The number of nitrogens with zero attached hydrogens (tertiary/aromatic N) is 1. The molecule has 5 nitrogen and oxygen atoms in total. The fraction of sp³-hybridized carbons (Fsp3) is 0.333. The molecule has 0 amide bonds. The zero-order valence-corrected chi connectivity index (χ0v) is 19.6. The molecular formula is C21H26BrN3O2S2. The first-order chi connectivity index (χ1) is 13.9. The van der Waals surface area contributed by atoms with Gasteiger partial charge < -0.3 is 10.6 Å². The summed E-state index contributed by atoms with van der Waals surface area (Å²) in [5.41, 5.74) is 8.06. The van der Waals surface area contributed by atoms with Crippen LogP contribution < -0.4 is 10.5 Å². The third-order valence-electron chi connectivity index (χ3n) is 4.80. The summed E-state index contributed by atoms with van der Waals surface area (Å²) < 4.78 is 30.1. The Morgan fingerprint density at radius 1 is 1.07 bits per heavy atom. The van der Waals surface area contributed by atoms with Crippen molar-refractivity contribution in [1.29, 1.82) is 0 Å². The van der Waals surface area contributed by atoms with Crippen LogP contribution >= 0.6 is 27.3 Å². The summed E-state index contributed by atoms with van der Waals surface area (Å²) >= 11 is 4.73. The average Bonchev–Trinajstić information content (AvgIpc) is 3.06. The summed E-state index contributed by atoms with van der Waals surface area (Å²) in [5, 5.41) is 0.925. The minimum Gasteiger partial charge on any atom is -0.326 e. The number of rotatable bonds is 10. The highest BCUT2D eigenvalue weighted by Crippen LogP contribution is 2.38. The molecule has 0 unspecified atom stereocenters. The molecule has 0 saturated carbocycles. The SMILES string of the molecule is CN(CCCc1ccc(CN)cc1)CCNS(=O)(=O)c1sc2ccccc2c1Br. The lowest BCUT2D eigenvalue weighted by molar-refractivity contribution is 0.334. The van der Waals surface area contributed by atoms with Gasteiger partial charge in [0.15, 0.2) is 0 Å². The Kier molecular flexibility index (Phi) is 7.84. The molecule has 0 aliphatic heterocycles. The Morgan fingerprint density at radius 3 is 2.45 bits per heavy atom. The van der Waals surface area contributed by atoms with E-state index >= 15 is 0 Å². The fourth-order valence-electron chi connectivity index (χ4n) is 3.11. The van der Waals surface area contributed by atoms with Crippen molar-refractivity contribution in [3.63, 3.8) is 0 Å². The van der Waals surface area contributed by atoms with Crippen molar-refractivity contribution < 1.29 is 8.42 Å². The third kappa shape index (κ3) is 5.87. The van der Waals surface area contributed by atoms with Gasteiger partial charge in [-0.2, -0.15) is 0 Å². The molecule has 0 bridgehead atoms. The van der Waals surface area contributed by atoms with Crippen LogP contribution in [0.1, 0.15) is 17.5 Å². The first-order valence-electron chi connectivity index (χ1n) is 9.54. The number of sulfonamides is 1. The van der Waals surface area contributed by atoms with Crippen molar-refractivity contribution in [2.24, 2.45) is 5.73 Å². The number of halogens is 1. The van der Waals surface area contributed by atoms with Crippen LogP contribution in [0.2, 0.25) is 0 Å². The zero-order valence-electron chi connectivity index (χ0n) is 16.4. The molecule has 1 aromatic heterocycles. The number of benzene rings is 2. The summed E-state index contributed by atoms with van der Waals surface area (Å²) in [7, 11) is -1.52. The predicted molar refractivity (Wildman–Crippen MR) is 125 cm³/mol. The predicted octanol–water partition coefficient (Wildman–Crippen LogP) is 3.97. The number of likely N-dealkylation sites (N-methyl/N-ethyl adjacent to an activating group) is 1. The molecule has 0 aliphatic carbocycles. The number of hydrogen-bond donors (Lipinski definition) is 2. The number of hydrogen-bond acceptors (Lipinski definition) is 5. The lowest BCUT2D eigenvalue weighted by Crippen LogP contribution is -2.33. The number of nitrogens with one attached hydrogen (secondary N) is 1. The second-order valence-electron chi connectivity index (χ2n) is 7.02. The molecule has 1 heterocycles. The standard InChI is InChI=1S/C21H26BrN3O2S2/c1-25(13-4-5-16-8-10-17(15-23)11-9-16)14-12-24-29(26,27)21-20(22)18-6-2-3-7-19(18)28-21/h2-3,6-11,24H,4-5,12-15,23H2,1H3. The molecule has 0 aliphatic rings. The summed E-state index contributed by atoms with van der Waals surface area (Å²) in [5.74, 6) is 0. The van der Waals surface area contributed by atoms with Crippen LogP contribution in [0.3, 0.4) is 0 Å². The number of nitrogens with two attached hydrogens (primary N) is 1. The summed E-state index contributed by atoms with van der Waals surface area (Å²) in [6.07, 6.45) is 2.02. The molecule has 0 atom stereocenters. The third-order valence-corrected chi connectivity index (χ3v) is 9.30. The smallest absolute Gasteiger partial charge is 0.251 e. The summed E-state index contributed by atoms with van der Waals surface area (Å²) in [6, 6.07) is 16.1. The molecular weight excluding hydrogens is 470 g/mol. The van der Waals surface area contributed by atoms with E-state index in [2.05, 4.69) is 49.8 Å². The normalized spacial score (nSPS) is 12.1. The molecule has 3 N–H and O–H groups in total. The molecule has 8 heteroatoms. The van der Waals surface area contributed by atoms with Crippen molar-refractivity contribution in [2.75, 3.05) is 26.7 Å². The average molecular weight is 496 g/mol. The van der Waals surface area contributed by atoms with E-state index in [4.69, 9.17) is 5.73 Å². The lowest BCUT2D eigenvalue weighted by Gasteiger charge is -2.16. The van der Waals surface area contributed by atoms with E-state index in [1.54, 1.807) is 0 Å². The summed E-state index contributed by atoms with van der Waals surface area (Å²) in [6.45, 7) is 2.52. The van der Waals surface area contributed by atoms with Crippen LogP contribution in [0.15, 0.2) is 57.2 Å². The van der Waals surface area contributed by atoms with Gasteiger partial charge in [-0.15, -0.1) is 11.3 Å². The van der Waals surface area contributed by atoms with Gasteiger partial charge in [-0.05, 0) is 59.6 Å². The maximum atomic E-state index is 12.7. The molecule has 0 radical (unpaired) electrons. The van der Waals surface area contributed by atoms with E-state index in [-0.39, 0.29) is 0 Å². The molecule has 0 fully saturated rings. The lowest BCUT2D eigenvalue weighted by atomic mass is 10.1. The van der Waals surface area contributed by atoms with Gasteiger partial charge in [-0.1, -0.05) is 42.5 Å². The quantitative estimate of drug-likeness (QED) is 0.446. The first kappa shape index (κ1) is 22.4. The first-order valence-corrected chi connectivity index (χ1v) is 12.6.